The number of benzene rings is 2. The summed E-state index contributed by atoms with van der Waals surface area (Å²) in [4.78, 5) is 28.5. The van der Waals surface area contributed by atoms with Gasteiger partial charge in [0.1, 0.15) is 0 Å². The molecule has 6 heteroatoms. The van der Waals surface area contributed by atoms with Crippen LogP contribution < -0.4 is 15.1 Å². The largest absolute Gasteiger partial charge is 0.354 e. The molecule has 0 saturated heterocycles. The van der Waals surface area contributed by atoms with Crippen LogP contribution in [0.1, 0.15) is 13.8 Å². The van der Waals surface area contributed by atoms with Crippen LogP contribution in [0.4, 0.5) is 22.7 Å². The van der Waals surface area contributed by atoms with Crippen LogP contribution in [-0.4, -0.2) is 25.9 Å². The Hall–Kier alpha value is -2.47. The molecule has 0 aliphatic carbocycles. The molecule has 0 radical (unpaired) electrons. The predicted octanol–water partition coefficient (Wildman–Crippen LogP) is 3.86. The molecule has 1 N–H and O–H groups in total. The highest BCUT2D eigenvalue weighted by molar-refractivity contribution is 7.99. The molecule has 2 aromatic rings. The third kappa shape index (κ3) is 2.97. The van der Waals surface area contributed by atoms with Gasteiger partial charge in [0, 0.05) is 49.1 Å². The summed E-state index contributed by atoms with van der Waals surface area (Å²) in [6, 6.07) is 11.8. The summed E-state index contributed by atoms with van der Waals surface area (Å²) in [5.41, 5.74) is 3.74. The van der Waals surface area contributed by atoms with Crippen molar-refractivity contribution in [3.63, 3.8) is 0 Å². The van der Waals surface area contributed by atoms with Gasteiger partial charge in [-0.2, -0.15) is 0 Å². The first-order valence-electron chi connectivity index (χ1n) is 7.58. The van der Waals surface area contributed by atoms with Crippen molar-refractivity contribution in [3.8, 4) is 0 Å². The monoisotopic (exact) mass is 341 g/mol. The van der Waals surface area contributed by atoms with E-state index in [4.69, 9.17) is 0 Å². The van der Waals surface area contributed by atoms with E-state index in [1.807, 2.05) is 36.4 Å². The fraction of sp³-hybridized carbons (Fsp3) is 0.222. The van der Waals surface area contributed by atoms with E-state index in [0.717, 1.165) is 32.5 Å². The lowest BCUT2D eigenvalue weighted by Gasteiger charge is -2.25. The van der Waals surface area contributed by atoms with E-state index in [0.29, 0.717) is 0 Å². The predicted molar refractivity (Wildman–Crippen MR) is 98.5 cm³/mol. The Kier molecular flexibility index (Phi) is 4.24. The Morgan fingerprint density at radius 1 is 0.833 bits per heavy atom. The highest BCUT2D eigenvalue weighted by atomic mass is 32.2. The van der Waals surface area contributed by atoms with Gasteiger partial charge in [-0.15, -0.1) is 0 Å². The van der Waals surface area contributed by atoms with Crippen molar-refractivity contribution < 1.29 is 9.59 Å². The molecule has 0 spiro atoms. The highest BCUT2D eigenvalue weighted by Crippen LogP contribution is 2.46. The summed E-state index contributed by atoms with van der Waals surface area (Å²) in [5.74, 6) is -0.0102. The molecule has 0 atom stereocenters. The van der Waals surface area contributed by atoms with Gasteiger partial charge >= 0.3 is 0 Å². The van der Waals surface area contributed by atoms with Crippen LogP contribution >= 0.6 is 11.8 Å². The van der Waals surface area contributed by atoms with E-state index in [-0.39, 0.29) is 11.8 Å². The SMILES string of the molecule is CC(=O)N(C)c1ccc2c(c1)Sc1cc(N(C)C(C)=O)ccc1N2. The molecule has 24 heavy (non-hydrogen) atoms. The molecule has 0 saturated carbocycles. The second-order valence-electron chi connectivity index (χ2n) is 5.74. The highest BCUT2D eigenvalue weighted by Gasteiger charge is 2.19. The van der Waals surface area contributed by atoms with Crippen molar-refractivity contribution in [2.24, 2.45) is 0 Å². The number of amides is 2. The third-order valence-corrected chi connectivity index (χ3v) is 5.25. The van der Waals surface area contributed by atoms with Crippen LogP contribution in [0.3, 0.4) is 0 Å². The van der Waals surface area contributed by atoms with E-state index in [1.54, 1.807) is 49.5 Å². The lowest BCUT2D eigenvalue weighted by molar-refractivity contribution is -0.117. The van der Waals surface area contributed by atoms with Gasteiger partial charge in [-0.1, -0.05) is 11.8 Å². The van der Waals surface area contributed by atoms with Gasteiger partial charge in [0.05, 0.1) is 11.4 Å². The fourth-order valence-electron chi connectivity index (χ4n) is 2.44. The summed E-state index contributed by atoms with van der Waals surface area (Å²) in [6.07, 6.45) is 0. The fourth-order valence-corrected chi connectivity index (χ4v) is 3.50. The first-order valence-corrected chi connectivity index (χ1v) is 8.40. The lowest BCUT2D eigenvalue weighted by atomic mass is 10.2. The van der Waals surface area contributed by atoms with Crippen LogP contribution in [0, 0.1) is 0 Å². The number of anilines is 4. The van der Waals surface area contributed by atoms with Crippen molar-refractivity contribution in [3.05, 3.63) is 36.4 Å². The van der Waals surface area contributed by atoms with E-state index >= 15 is 0 Å². The van der Waals surface area contributed by atoms with Gasteiger partial charge in [-0.3, -0.25) is 9.59 Å². The lowest BCUT2D eigenvalue weighted by Crippen LogP contribution is -2.23. The summed E-state index contributed by atoms with van der Waals surface area (Å²) < 4.78 is 0. The van der Waals surface area contributed by atoms with Crippen LogP contribution in [0.15, 0.2) is 46.2 Å². The van der Waals surface area contributed by atoms with Gasteiger partial charge in [0.25, 0.3) is 0 Å². The molecule has 0 fully saturated rings. The van der Waals surface area contributed by atoms with Crippen molar-refractivity contribution in [1.82, 2.24) is 0 Å². The van der Waals surface area contributed by atoms with Crippen LogP contribution in [-0.2, 0) is 9.59 Å². The molecule has 5 nitrogen and oxygen atoms in total. The zero-order valence-corrected chi connectivity index (χ0v) is 14.9. The van der Waals surface area contributed by atoms with Gasteiger partial charge in [-0.25, -0.2) is 0 Å². The topological polar surface area (TPSA) is 52.7 Å². The Bertz CT molecular complexity index is 768. The summed E-state index contributed by atoms with van der Waals surface area (Å²) >= 11 is 1.63. The minimum atomic E-state index is -0.00510. The maximum absolute atomic E-state index is 11.6. The third-order valence-electron chi connectivity index (χ3n) is 4.14. The van der Waals surface area contributed by atoms with E-state index < -0.39 is 0 Å². The van der Waals surface area contributed by atoms with E-state index in [9.17, 15) is 9.59 Å². The number of carbonyl (C=O) groups is 2. The number of nitrogens with zero attached hydrogens (tertiary/aromatic N) is 2. The second kappa shape index (κ2) is 6.20. The van der Waals surface area contributed by atoms with Crippen LogP contribution in [0.2, 0.25) is 0 Å². The molecule has 2 amide bonds. The molecule has 3 rings (SSSR count). The minimum Gasteiger partial charge on any atom is -0.354 e. The van der Waals surface area contributed by atoms with Gasteiger partial charge < -0.3 is 15.1 Å². The van der Waals surface area contributed by atoms with Gasteiger partial charge in [-0.05, 0) is 36.4 Å². The number of carbonyl (C=O) groups excluding carboxylic acids is 2. The first kappa shape index (κ1) is 16.4. The average molecular weight is 341 g/mol. The molecule has 0 bridgehead atoms. The van der Waals surface area contributed by atoms with E-state index in [1.165, 1.54) is 0 Å². The molecular weight excluding hydrogens is 322 g/mol. The number of fused-ring (bicyclic) bond motifs is 2. The average Bonchev–Trinajstić information content (AvgIpc) is 2.57. The molecule has 124 valence electrons. The maximum atomic E-state index is 11.6. The summed E-state index contributed by atoms with van der Waals surface area (Å²) in [6.45, 7) is 3.09. The Labute approximate surface area is 145 Å². The quantitative estimate of drug-likeness (QED) is 0.769. The molecular formula is C18H19N3O2S. The summed E-state index contributed by atoms with van der Waals surface area (Å²) in [7, 11) is 3.53. The number of rotatable bonds is 2. The summed E-state index contributed by atoms with van der Waals surface area (Å²) in [5, 5.41) is 3.40. The zero-order valence-electron chi connectivity index (χ0n) is 14.1. The smallest absolute Gasteiger partial charge is 0.223 e. The van der Waals surface area contributed by atoms with Crippen LogP contribution in [0.5, 0.6) is 0 Å². The molecule has 0 aromatic heterocycles. The van der Waals surface area contributed by atoms with Crippen molar-refractivity contribution in [2.45, 2.75) is 23.6 Å². The maximum Gasteiger partial charge on any atom is 0.223 e. The molecule has 1 aliphatic rings. The van der Waals surface area contributed by atoms with Crippen LogP contribution in [0.25, 0.3) is 0 Å². The number of hydrogen-bond donors (Lipinski definition) is 1. The van der Waals surface area contributed by atoms with E-state index in [2.05, 4.69) is 5.32 Å². The Balaban J connectivity index is 1.94. The molecule has 0 unspecified atom stereocenters. The van der Waals surface area contributed by atoms with Gasteiger partial charge in [0.15, 0.2) is 0 Å². The Morgan fingerprint density at radius 3 is 1.62 bits per heavy atom. The first-order chi connectivity index (χ1) is 11.4. The number of nitrogens with one attached hydrogen (secondary N) is 1. The second-order valence-corrected chi connectivity index (χ2v) is 6.83. The number of hydrogen-bond acceptors (Lipinski definition) is 4. The van der Waals surface area contributed by atoms with Crippen molar-refractivity contribution in [1.29, 1.82) is 0 Å². The van der Waals surface area contributed by atoms with Gasteiger partial charge in [0.2, 0.25) is 11.8 Å². The zero-order chi connectivity index (χ0) is 17.4. The molecule has 1 aliphatic heterocycles. The molecule has 2 aromatic carbocycles. The normalized spacial score (nSPS) is 11.8. The molecule has 1 heterocycles. The van der Waals surface area contributed by atoms with Crippen molar-refractivity contribution >= 4 is 46.3 Å². The minimum absolute atomic E-state index is 0.00510. The van der Waals surface area contributed by atoms with Crippen molar-refractivity contribution in [2.75, 3.05) is 29.2 Å². The Morgan fingerprint density at radius 2 is 1.25 bits per heavy atom. The standard InChI is InChI=1S/C18H19N3O2S/c1-11(22)20(3)13-5-7-15-17(9-13)24-18-10-14(21(4)12(2)23)6-8-16(18)19-15/h5-10,19H,1-4H3.